The van der Waals surface area contributed by atoms with E-state index in [0.29, 0.717) is 16.3 Å². The number of imidazole rings is 1. The molecule has 7 heteroatoms. The van der Waals surface area contributed by atoms with Crippen LogP contribution in [0, 0.1) is 5.82 Å². The molecule has 1 aromatic carbocycles. The minimum atomic E-state index is -0.509. The van der Waals surface area contributed by atoms with Crippen molar-refractivity contribution in [3.05, 3.63) is 40.0 Å². The van der Waals surface area contributed by atoms with Crippen molar-refractivity contribution < 1.29 is 9.13 Å². The lowest BCUT2D eigenvalue weighted by atomic mass is 10.1. The summed E-state index contributed by atoms with van der Waals surface area (Å²) in [5.74, 6) is 0.279. The maximum atomic E-state index is 13.6. The van der Waals surface area contributed by atoms with E-state index >= 15 is 0 Å². The van der Waals surface area contributed by atoms with E-state index < -0.39 is 5.82 Å². The van der Waals surface area contributed by atoms with E-state index in [1.807, 2.05) is 0 Å². The molecule has 0 spiro atoms. The molecule has 21 heavy (non-hydrogen) atoms. The van der Waals surface area contributed by atoms with E-state index in [4.69, 9.17) is 27.9 Å². The molecule has 0 aliphatic carbocycles. The Balaban J connectivity index is 1.87. The van der Waals surface area contributed by atoms with E-state index in [-0.39, 0.29) is 17.2 Å². The van der Waals surface area contributed by atoms with Gasteiger partial charge in [0.2, 0.25) is 0 Å². The van der Waals surface area contributed by atoms with Gasteiger partial charge in [0.1, 0.15) is 11.6 Å². The summed E-state index contributed by atoms with van der Waals surface area (Å²) in [5.41, 5.74) is 1.20. The Labute approximate surface area is 131 Å². The van der Waals surface area contributed by atoms with Crippen molar-refractivity contribution in [2.75, 3.05) is 13.7 Å². The van der Waals surface area contributed by atoms with E-state index in [1.54, 1.807) is 13.3 Å². The summed E-state index contributed by atoms with van der Waals surface area (Å²) in [6.45, 7) is 0.785. The van der Waals surface area contributed by atoms with Crippen LogP contribution in [0.2, 0.25) is 10.0 Å². The van der Waals surface area contributed by atoms with Gasteiger partial charge in [0, 0.05) is 19.2 Å². The predicted octanol–water partition coefficient (Wildman–Crippen LogP) is 3.57. The first-order valence-corrected chi connectivity index (χ1v) is 7.30. The summed E-state index contributed by atoms with van der Waals surface area (Å²) in [6, 6.07) is 2.80. The topological polar surface area (TPSA) is 49.9 Å². The first kappa shape index (κ1) is 14.8. The number of nitrogens with zero attached hydrogens (tertiary/aromatic N) is 1. The number of methoxy groups -OCH3 is 1. The third kappa shape index (κ3) is 2.92. The number of aromatic nitrogens is 2. The summed E-state index contributed by atoms with van der Waals surface area (Å²) >= 11 is 11.8. The Kier molecular flexibility index (Phi) is 4.17. The summed E-state index contributed by atoms with van der Waals surface area (Å²) in [4.78, 5) is 7.53. The Morgan fingerprint density at radius 2 is 2.14 bits per heavy atom. The maximum absolute atomic E-state index is 13.6. The molecule has 4 nitrogen and oxygen atoms in total. The third-order valence-electron chi connectivity index (χ3n) is 3.65. The second-order valence-electron chi connectivity index (χ2n) is 4.98. The molecule has 1 fully saturated rings. The van der Waals surface area contributed by atoms with Gasteiger partial charge in [-0.25, -0.2) is 9.37 Å². The Hall–Kier alpha value is -1.14. The van der Waals surface area contributed by atoms with Crippen molar-refractivity contribution in [2.45, 2.75) is 18.6 Å². The summed E-state index contributed by atoms with van der Waals surface area (Å²) in [5, 5.41) is 3.71. The van der Waals surface area contributed by atoms with E-state index in [2.05, 4.69) is 15.3 Å². The fourth-order valence-corrected chi connectivity index (χ4v) is 2.96. The largest absolute Gasteiger partial charge is 0.380 e. The number of halogens is 3. The van der Waals surface area contributed by atoms with Gasteiger partial charge in [-0.05, 0) is 18.6 Å². The second-order valence-corrected chi connectivity index (χ2v) is 5.80. The number of ether oxygens (including phenoxy) is 1. The normalized spacial score (nSPS) is 21.9. The highest BCUT2D eigenvalue weighted by Crippen LogP contribution is 2.32. The molecular formula is C14H14Cl2FN3O. The van der Waals surface area contributed by atoms with Crippen LogP contribution in [-0.4, -0.2) is 29.7 Å². The fraction of sp³-hybridized carbons (Fsp3) is 0.357. The van der Waals surface area contributed by atoms with Gasteiger partial charge >= 0.3 is 0 Å². The van der Waals surface area contributed by atoms with Gasteiger partial charge in [0.15, 0.2) is 0 Å². The Bertz CT molecular complexity index is 662. The average molecular weight is 330 g/mol. The SMILES string of the molecule is COC1CNC(c2ncc(-c3cc(F)c(Cl)cc3Cl)[nH]2)C1. The van der Waals surface area contributed by atoms with Crippen LogP contribution in [0.15, 0.2) is 18.3 Å². The van der Waals surface area contributed by atoms with Gasteiger partial charge < -0.3 is 15.0 Å². The number of benzene rings is 1. The monoisotopic (exact) mass is 329 g/mol. The Morgan fingerprint density at radius 3 is 2.86 bits per heavy atom. The molecule has 1 aliphatic heterocycles. The van der Waals surface area contributed by atoms with Gasteiger partial charge in [0.05, 0.1) is 34.1 Å². The van der Waals surface area contributed by atoms with Crippen molar-refractivity contribution in [2.24, 2.45) is 0 Å². The summed E-state index contributed by atoms with van der Waals surface area (Å²) in [7, 11) is 1.69. The van der Waals surface area contributed by atoms with Gasteiger partial charge in [-0.2, -0.15) is 0 Å². The minimum absolute atomic E-state index is 0.00360. The fourth-order valence-electron chi connectivity index (χ4n) is 2.47. The number of aromatic amines is 1. The van der Waals surface area contributed by atoms with Crippen LogP contribution in [0.1, 0.15) is 18.3 Å². The average Bonchev–Trinajstić information content (AvgIpc) is 3.11. The number of rotatable bonds is 3. The van der Waals surface area contributed by atoms with Crippen LogP contribution in [-0.2, 0) is 4.74 Å². The molecule has 0 amide bonds. The predicted molar refractivity (Wildman–Crippen MR) is 80.2 cm³/mol. The van der Waals surface area contributed by atoms with E-state index in [0.717, 1.165) is 18.8 Å². The van der Waals surface area contributed by atoms with Gasteiger partial charge in [-0.15, -0.1) is 0 Å². The molecule has 2 atom stereocenters. The molecule has 2 aromatic rings. The number of hydrogen-bond donors (Lipinski definition) is 2. The van der Waals surface area contributed by atoms with E-state index in [9.17, 15) is 4.39 Å². The highest BCUT2D eigenvalue weighted by molar-refractivity contribution is 6.36. The van der Waals surface area contributed by atoms with Crippen molar-refractivity contribution in [1.29, 1.82) is 0 Å². The van der Waals surface area contributed by atoms with Crippen LogP contribution >= 0.6 is 23.2 Å². The van der Waals surface area contributed by atoms with Gasteiger partial charge in [0.25, 0.3) is 0 Å². The van der Waals surface area contributed by atoms with Crippen LogP contribution in [0.4, 0.5) is 4.39 Å². The lowest BCUT2D eigenvalue weighted by Gasteiger charge is -2.07. The molecule has 0 radical (unpaired) electrons. The first-order chi connectivity index (χ1) is 10.1. The first-order valence-electron chi connectivity index (χ1n) is 6.54. The molecule has 112 valence electrons. The van der Waals surface area contributed by atoms with Crippen LogP contribution < -0.4 is 5.32 Å². The smallest absolute Gasteiger partial charge is 0.142 e. The molecule has 1 saturated heterocycles. The molecule has 1 aromatic heterocycles. The van der Waals surface area contributed by atoms with Crippen molar-refractivity contribution in [3.63, 3.8) is 0 Å². The summed E-state index contributed by atoms with van der Waals surface area (Å²) < 4.78 is 18.9. The number of nitrogens with one attached hydrogen (secondary N) is 2. The number of hydrogen-bond acceptors (Lipinski definition) is 3. The maximum Gasteiger partial charge on any atom is 0.142 e. The standard InChI is InChI=1S/C14H14Cl2FN3O/c1-21-7-2-12(18-5-7)14-19-6-13(20-14)8-3-11(17)10(16)4-9(8)15/h3-4,6-7,12,18H,2,5H2,1H3,(H,19,20). The molecule has 0 bridgehead atoms. The zero-order valence-corrected chi connectivity index (χ0v) is 12.8. The van der Waals surface area contributed by atoms with Crippen molar-refractivity contribution in [3.8, 4) is 11.3 Å². The highest BCUT2D eigenvalue weighted by atomic mass is 35.5. The Morgan fingerprint density at radius 1 is 1.33 bits per heavy atom. The molecular weight excluding hydrogens is 316 g/mol. The second kappa shape index (κ2) is 5.93. The zero-order valence-electron chi connectivity index (χ0n) is 11.3. The summed E-state index contributed by atoms with van der Waals surface area (Å²) in [6.07, 6.45) is 2.66. The quantitative estimate of drug-likeness (QED) is 0.846. The molecule has 2 unspecified atom stereocenters. The van der Waals surface area contributed by atoms with Crippen molar-refractivity contribution >= 4 is 23.2 Å². The van der Waals surface area contributed by atoms with E-state index in [1.165, 1.54) is 12.1 Å². The van der Waals surface area contributed by atoms with Gasteiger partial charge in [-0.3, -0.25) is 0 Å². The molecule has 2 N–H and O–H groups in total. The lowest BCUT2D eigenvalue weighted by molar-refractivity contribution is 0.117. The highest BCUT2D eigenvalue weighted by Gasteiger charge is 2.27. The van der Waals surface area contributed by atoms with Crippen molar-refractivity contribution in [1.82, 2.24) is 15.3 Å². The van der Waals surface area contributed by atoms with Crippen LogP contribution in [0.5, 0.6) is 0 Å². The molecule has 1 aliphatic rings. The molecule has 2 heterocycles. The lowest BCUT2D eigenvalue weighted by Crippen LogP contribution is -2.16. The number of H-pyrrole nitrogens is 1. The van der Waals surface area contributed by atoms with Crippen LogP contribution in [0.25, 0.3) is 11.3 Å². The zero-order chi connectivity index (χ0) is 15.0. The molecule has 3 rings (SSSR count). The molecule has 0 saturated carbocycles. The third-order valence-corrected chi connectivity index (χ3v) is 4.25. The van der Waals surface area contributed by atoms with Gasteiger partial charge in [-0.1, -0.05) is 23.2 Å². The minimum Gasteiger partial charge on any atom is -0.380 e. The van der Waals surface area contributed by atoms with Crippen LogP contribution in [0.3, 0.4) is 0 Å².